The number of amides is 1. The number of nitrogens with one attached hydrogen (secondary N) is 2. The quantitative estimate of drug-likeness (QED) is 0.664. The molecule has 3 aromatic rings. The first-order valence-electron chi connectivity index (χ1n) is 9.62. The lowest BCUT2D eigenvalue weighted by molar-refractivity contribution is -0.116. The monoisotopic (exact) mass is 389 g/mol. The molecule has 7 nitrogen and oxygen atoms in total. The number of rotatable bonds is 6. The van der Waals surface area contributed by atoms with Crippen LogP contribution in [0.5, 0.6) is 5.75 Å². The van der Waals surface area contributed by atoms with Crippen LogP contribution in [0, 0.1) is 0 Å². The van der Waals surface area contributed by atoms with Crippen molar-refractivity contribution in [2.75, 3.05) is 17.7 Å². The van der Waals surface area contributed by atoms with E-state index >= 15 is 0 Å². The number of allylic oxidation sites excluding steroid dienone is 1. The average Bonchev–Trinajstić information content (AvgIpc) is 3.16. The van der Waals surface area contributed by atoms with Gasteiger partial charge in [0.1, 0.15) is 11.8 Å². The predicted octanol–water partition coefficient (Wildman–Crippen LogP) is 4.08. The van der Waals surface area contributed by atoms with Crippen LogP contribution in [0.1, 0.15) is 36.9 Å². The molecule has 2 heterocycles. The lowest BCUT2D eigenvalue weighted by atomic mass is 10.0. The molecule has 2 aromatic carbocycles. The zero-order valence-electron chi connectivity index (χ0n) is 16.4. The number of carbonyl (C=O) groups excluding carboxylic acids is 1. The minimum atomic E-state index is -0.170. The first-order chi connectivity index (χ1) is 14.2. The normalized spacial score (nSPS) is 15.1. The van der Waals surface area contributed by atoms with Crippen LogP contribution >= 0.6 is 0 Å². The lowest BCUT2D eigenvalue weighted by Gasteiger charge is -2.24. The van der Waals surface area contributed by atoms with Crippen molar-refractivity contribution in [1.29, 1.82) is 0 Å². The van der Waals surface area contributed by atoms with Gasteiger partial charge in [0.25, 0.3) is 5.95 Å². The first-order valence-corrected chi connectivity index (χ1v) is 9.62. The van der Waals surface area contributed by atoms with Crippen molar-refractivity contribution in [2.24, 2.45) is 0 Å². The number of hydrogen-bond donors (Lipinski definition) is 2. The van der Waals surface area contributed by atoms with Gasteiger partial charge >= 0.3 is 0 Å². The summed E-state index contributed by atoms with van der Waals surface area (Å²) >= 11 is 0. The van der Waals surface area contributed by atoms with E-state index in [4.69, 9.17) is 4.74 Å². The first kappa shape index (κ1) is 18.7. The van der Waals surface area contributed by atoms with Gasteiger partial charge in [-0.1, -0.05) is 49.4 Å². The molecule has 0 bridgehead atoms. The van der Waals surface area contributed by atoms with Gasteiger partial charge < -0.3 is 10.1 Å². The molecule has 1 aromatic heterocycles. The highest BCUT2D eigenvalue weighted by Gasteiger charge is 2.25. The maximum Gasteiger partial charge on any atom is 0.250 e. The Bertz CT molecular complexity index is 1030. The number of hydrogen-bond acceptors (Lipinski definition) is 5. The van der Waals surface area contributed by atoms with Crippen LogP contribution in [0.3, 0.4) is 0 Å². The van der Waals surface area contributed by atoms with Crippen LogP contribution in [0.2, 0.25) is 0 Å². The van der Waals surface area contributed by atoms with Crippen molar-refractivity contribution in [3.05, 3.63) is 71.8 Å². The molecule has 4 rings (SSSR count). The number of ether oxygens (including phenoxy) is 1. The van der Waals surface area contributed by atoms with Crippen molar-refractivity contribution in [3.8, 4) is 5.75 Å². The van der Waals surface area contributed by atoms with Crippen LogP contribution in [-0.2, 0) is 4.79 Å². The second kappa shape index (κ2) is 8.18. The molecule has 2 N–H and O–H groups in total. The van der Waals surface area contributed by atoms with E-state index in [2.05, 4.69) is 26.8 Å². The summed E-state index contributed by atoms with van der Waals surface area (Å²) in [5.41, 5.74) is 3.04. The van der Waals surface area contributed by atoms with E-state index < -0.39 is 0 Å². The van der Waals surface area contributed by atoms with Crippen LogP contribution in [-0.4, -0.2) is 27.8 Å². The second-order valence-corrected chi connectivity index (χ2v) is 6.79. The summed E-state index contributed by atoms with van der Waals surface area (Å²) in [5, 5.41) is 10.7. The number of benzene rings is 2. The van der Waals surface area contributed by atoms with Crippen molar-refractivity contribution in [1.82, 2.24) is 14.8 Å². The average molecular weight is 389 g/mol. The summed E-state index contributed by atoms with van der Waals surface area (Å²) in [4.78, 5) is 16.5. The Morgan fingerprint density at radius 3 is 2.62 bits per heavy atom. The van der Waals surface area contributed by atoms with Crippen LogP contribution in [0.25, 0.3) is 5.70 Å². The van der Waals surface area contributed by atoms with E-state index in [1.165, 1.54) is 0 Å². The molecule has 1 aliphatic rings. The van der Waals surface area contributed by atoms with Gasteiger partial charge in [-0.2, -0.15) is 4.98 Å². The van der Waals surface area contributed by atoms with Gasteiger partial charge in [0.15, 0.2) is 0 Å². The Labute approximate surface area is 169 Å². The summed E-state index contributed by atoms with van der Waals surface area (Å²) in [7, 11) is 1.65. The standard InChI is InChI=1S/C22H23N5O2/c1-3-7-20(28)24-21-25-22-23-18(15-8-5-4-6-9-15)14-19(27(22)26-21)16-10-12-17(29-2)13-11-16/h4-6,8-14,19H,3,7H2,1-2H3,(H2,23,24,25,26,28)/t19-/m1/s1. The molecule has 0 saturated carbocycles. The molecule has 1 amide bonds. The third kappa shape index (κ3) is 3.99. The predicted molar refractivity (Wildman–Crippen MR) is 113 cm³/mol. The van der Waals surface area contributed by atoms with Crippen LogP contribution in [0.15, 0.2) is 60.7 Å². The van der Waals surface area contributed by atoms with Gasteiger partial charge in [-0.05, 0) is 35.8 Å². The van der Waals surface area contributed by atoms with Gasteiger partial charge in [-0.15, -0.1) is 5.10 Å². The minimum Gasteiger partial charge on any atom is -0.497 e. The summed E-state index contributed by atoms with van der Waals surface area (Å²) in [6.07, 6.45) is 3.31. The number of fused-ring (bicyclic) bond motifs is 1. The molecule has 29 heavy (non-hydrogen) atoms. The number of aromatic nitrogens is 3. The van der Waals surface area contributed by atoms with E-state index in [0.29, 0.717) is 18.3 Å². The molecule has 1 aliphatic heterocycles. The summed E-state index contributed by atoms with van der Waals surface area (Å²) in [6.45, 7) is 1.96. The zero-order valence-corrected chi connectivity index (χ0v) is 16.4. The van der Waals surface area contributed by atoms with Gasteiger partial charge in [-0.25, -0.2) is 4.68 Å². The SMILES string of the molecule is CCCC(=O)Nc1nc2n(n1)[C@@H](c1ccc(OC)cc1)C=C(c1ccccc1)N2. The van der Waals surface area contributed by atoms with Crippen LogP contribution < -0.4 is 15.4 Å². The lowest BCUT2D eigenvalue weighted by Crippen LogP contribution is -2.20. The van der Waals surface area contributed by atoms with Gasteiger partial charge in [0, 0.05) is 12.1 Å². The molecule has 148 valence electrons. The van der Waals surface area contributed by atoms with Gasteiger partial charge in [0.2, 0.25) is 11.9 Å². The molecule has 7 heteroatoms. The van der Waals surface area contributed by atoms with Crippen molar-refractivity contribution in [3.63, 3.8) is 0 Å². The third-order valence-corrected chi connectivity index (χ3v) is 4.74. The molecule has 0 fully saturated rings. The highest BCUT2D eigenvalue weighted by Crippen LogP contribution is 2.33. The molecule has 0 spiro atoms. The van der Waals surface area contributed by atoms with Crippen molar-refractivity contribution >= 4 is 23.5 Å². The molecular weight excluding hydrogens is 366 g/mol. The fourth-order valence-electron chi connectivity index (χ4n) is 3.28. The third-order valence-electron chi connectivity index (χ3n) is 4.74. The van der Waals surface area contributed by atoms with Gasteiger partial charge in [-0.3, -0.25) is 10.1 Å². The van der Waals surface area contributed by atoms with E-state index in [1.807, 2.05) is 61.5 Å². The highest BCUT2D eigenvalue weighted by atomic mass is 16.5. The largest absolute Gasteiger partial charge is 0.497 e. The minimum absolute atomic E-state index is 0.0901. The van der Waals surface area contributed by atoms with E-state index in [0.717, 1.165) is 29.0 Å². The smallest absolute Gasteiger partial charge is 0.250 e. The molecule has 0 unspecified atom stereocenters. The van der Waals surface area contributed by atoms with E-state index in [9.17, 15) is 4.79 Å². The highest BCUT2D eigenvalue weighted by molar-refractivity contribution is 5.89. The van der Waals surface area contributed by atoms with Crippen molar-refractivity contribution < 1.29 is 9.53 Å². The molecule has 1 atom stereocenters. The van der Waals surface area contributed by atoms with Gasteiger partial charge in [0.05, 0.1) is 7.11 Å². The molecule has 0 saturated heterocycles. The summed E-state index contributed by atoms with van der Waals surface area (Å²) in [5.74, 6) is 1.58. The summed E-state index contributed by atoms with van der Waals surface area (Å²) < 4.78 is 7.06. The Hall–Kier alpha value is -3.61. The Morgan fingerprint density at radius 2 is 1.93 bits per heavy atom. The maximum absolute atomic E-state index is 12.0. The number of methoxy groups -OCH3 is 1. The number of carbonyl (C=O) groups is 1. The Balaban J connectivity index is 1.72. The second-order valence-electron chi connectivity index (χ2n) is 6.79. The fourth-order valence-corrected chi connectivity index (χ4v) is 3.28. The maximum atomic E-state index is 12.0. The fraction of sp³-hybridized carbons (Fsp3) is 0.227. The number of nitrogens with zero attached hydrogens (tertiary/aromatic N) is 3. The van der Waals surface area contributed by atoms with Crippen molar-refractivity contribution in [2.45, 2.75) is 25.8 Å². The Kier molecular flexibility index (Phi) is 5.29. The topological polar surface area (TPSA) is 81.1 Å². The molecule has 0 aliphatic carbocycles. The Morgan fingerprint density at radius 1 is 1.17 bits per heavy atom. The van der Waals surface area contributed by atoms with Crippen LogP contribution in [0.4, 0.5) is 11.9 Å². The molecule has 0 radical (unpaired) electrons. The zero-order chi connectivity index (χ0) is 20.2. The van der Waals surface area contributed by atoms with E-state index in [1.54, 1.807) is 11.8 Å². The van der Waals surface area contributed by atoms with E-state index in [-0.39, 0.29) is 11.9 Å². The number of anilines is 2. The summed E-state index contributed by atoms with van der Waals surface area (Å²) in [6, 6.07) is 17.8. The molecular formula is C22H23N5O2.